The van der Waals surface area contributed by atoms with Gasteiger partial charge in [-0.25, -0.2) is 9.97 Å². The minimum absolute atomic E-state index is 0.562. The molecule has 2 aromatic carbocycles. The molecule has 3 heterocycles. The van der Waals surface area contributed by atoms with Gasteiger partial charge in [0.15, 0.2) is 11.5 Å². The maximum absolute atomic E-state index is 5.51. The fourth-order valence-electron chi connectivity index (χ4n) is 3.88. The van der Waals surface area contributed by atoms with Gasteiger partial charge in [-0.2, -0.15) is 0 Å². The van der Waals surface area contributed by atoms with Gasteiger partial charge in [-0.05, 0) is 29.3 Å². The first-order valence-electron chi connectivity index (χ1n) is 10.1. The molecule has 0 aliphatic rings. The van der Waals surface area contributed by atoms with Crippen molar-refractivity contribution < 1.29 is 14.2 Å². The molecular weight excluding hydrogens is 404 g/mol. The van der Waals surface area contributed by atoms with E-state index in [9.17, 15) is 0 Å². The number of aromatic nitrogens is 4. The lowest BCUT2D eigenvalue weighted by atomic mass is 10.0. The summed E-state index contributed by atoms with van der Waals surface area (Å²) in [4.78, 5) is 15.4. The number of H-pyrrole nitrogens is 2. The van der Waals surface area contributed by atoms with Crippen LogP contribution in [0.25, 0.3) is 44.7 Å². The Morgan fingerprint density at radius 3 is 2.06 bits per heavy atom. The molecular formula is C25H22N4O3. The molecule has 3 aromatic heterocycles. The lowest BCUT2D eigenvalue weighted by molar-refractivity contribution is 0.324. The highest BCUT2D eigenvalue weighted by molar-refractivity contribution is 5.96. The Balaban J connectivity index is 1.58. The molecule has 160 valence electrons. The standard InChI is InChI=1S/C25H22N4O3/c1-30-21-11-17(12-22(31-2)23(21)32-3)18-10-19-20(14-29-25(19)28-13-18)15-4-6-16(7-5-15)24-26-8-9-27-24/h4-14H,1-3H3,(H,26,27)(H,28,29). The second-order valence-electron chi connectivity index (χ2n) is 7.25. The summed E-state index contributed by atoms with van der Waals surface area (Å²) < 4.78 is 16.5. The zero-order valence-corrected chi connectivity index (χ0v) is 18.0. The lowest BCUT2D eigenvalue weighted by Crippen LogP contribution is -1.96. The van der Waals surface area contributed by atoms with Crippen molar-refractivity contribution in [2.45, 2.75) is 0 Å². The SMILES string of the molecule is COc1cc(-c2cnc3[nH]cc(-c4ccc(-c5ncc[nH]5)cc4)c3c2)cc(OC)c1OC. The monoisotopic (exact) mass is 426 g/mol. The van der Waals surface area contributed by atoms with E-state index in [2.05, 4.69) is 50.3 Å². The minimum Gasteiger partial charge on any atom is -0.493 e. The van der Waals surface area contributed by atoms with E-state index in [4.69, 9.17) is 14.2 Å². The van der Waals surface area contributed by atoms with Crippen molar-refractivity contribution in [2.24, 2.45) is 0 Å². The third-order valence-electron chi connectivity index (χ3n) is 5.50. The van der Waals surface area contributed by atoms with Crippen LogP contribution in [0.2, 0.25) is 0 Å². The van der Waals surface area contributed by atoms with Crippen LogP contribution in [0.4, 0.5) is 0 Å². The molecule has 0 fully saturated rings. The van der Waals surface area contributed by atoms with Gasteiger partial charge in [0.2, 0.25) is 5.75 Å². The van der Waals surface area contributed by atoms with Crippen molar-refractivity contribution in [3.63, 3.8) is 0 Å². The molecule has 0 aliphatic heterocycles. The number of rotatable bonds is 6. The van der Waals surface area contributed by atoms with E-state index < -0.39 is 0 Å². The summed E-state index contributed by atoms with van der Waals surface area (Å²) >= 11 is 0. The van der Waals surface area contributed by atoms with Crippen molar-refractivity contribution in [3.8, 4) is 50.9 Å². The largest absolute Gasteiger partial charge is 0.493 e. The van der Waals surface area contributed by atoms with Crippen LogP contribution in [-0.2, 0) is 0 Å². The van der Waals surface area contributed by atoms with Gasteiger partial charge in [0, 0.05) is 46.9 Å². The Kier molecular flexibility index (Phi) is 4.99. The zero-order chi connectivity index (χ0) is 22.1. The maximum atomic E-state index is 5.51. The Morgan fingerprint density at radius 2 is 1.44 bits per heavy atom. The first kappa shape index (κ1) is 19.7. The van der Waals surface area contributed by atoms with Gasteiger partial charge in [0.1, 0.15) is 11.5 Å². The normalized spacial score (nSPS) is 11.0. The first-order chi connectivity index (χ1) is 15.7. The summed E-state index contributed by atoms with van der Waals surface area (Å²) in [5.74, 6) is 2.61. The van der Waals surface area contributed by atoms with Crippen molar-refractivity contribution >= 4 is 11.0 Å². The Labute approximate surface area is 185 Å². The van der Waals surface area contributed by atoms with Gasteiger partial charge in [-0.1, -0.05) is 24.3 Å². The summed E-state index contributed by atoms with van der Waals surface area (Å²) in [7, 11) is 4.81. The third-order valence-corrected chi connectivity index (χ3v) is 5.50. The number of fused-ring (bicyclic) bond motifs is 1. The van der Waals surface area contributed by atoms with E-state index in [-0.39, 0.29) is 0 Å². The van der Waals surface area contributed by atoms with Crippen LogP contribution in [0.3, 0.4) is 0 Å². The van der Waals surface area contributed by atoms with E-state index in [1.165, 1.54) is 0 Å². The average Bonchev–Trinajstić information content (AvgIpc) is 3.53. The summed E-state index contributed by atoms with van der Waals surface area (Å²) in [5, 5.41) is 1.03. The predicted molar refractivity (Wildman–Crippen MR) is 124 cm³/mol. The molecule has 32 heavy (non-hydrogen) atoms. The third kappa shape index (κ3) is 3.33. The number of hydrogen-bond acceptors (Lipinski definition) is 5. The van der Waals surface area contributed by atoms with Gasteiger partial charge in [-0.3, -0.25) is 0 Å². The summed E-state index contributed by atoms with van der Waals surface area (Å²) in [6.45, 7) is 0. The fraction of sp³-hybridized carbons (Fsp3) is 0.120. The Bertz CT molecular complexity index is 1350. The maximum Gasteiger partial charge on any atom is 0.203 e. The van der Waals surface area contributed by atoms with Crippen LogP contribution < -0.4 is 14.2 Å². The van der Waals surface area contributed by atoms with E-state index in [0.717, 1.165) is 44.7 Å². The van der Waals surface area contributed by atoms with Crippen LogP contribution in [0.5, 0.6) is 17.2 Å². The summed E-state index contributed by atoms with van der Waals surface area (Å²) in [5.41, 5.74) is 5.91. The number of benzene rings is 2. The van der Waals surface area contributed by atoms with Crippen LogP contribution in [-0.4, -0.2) is 41.3 Å². The molecule has 5 rings (SSSR count). The summed E-state index contributed by atoms with van der Waals surface area (Å²) in [6.07, 6.45) is 7.39. The number of imidazole rings is 1. The van der Waals surface area contributed by atoms with E-state index in [1.807, 2.05) is 30.7 Å². The van der Waals surface area contributed by atoms with Crippen LogP contribution in [0.15, 0.2) is 67.3 Å². The predicted octanol–water partition coefficient (Wildman–Crippen LogP) is 5.31. The molecule has 2 N–H and O–H groups in total. The van der Waals surface area contributed by atoms with Crippen LogP contribution in [0, 0.1) is 0 Å². The highest BCUT2D eigenvalue weighted by Gasteiger charge is 2.16. The Hall–Kier alpha value is -4.26. The molecule has 5 aromatic rings. The van der Waals surface area contributed by atoms with E-state index in [0.29, 0.717) is 17.2 Å². The van der Waals surface area contributed by atoms with Crippen molar-refractivity contribution in [1.82, 2.24) is 19.9 Å². The minimum atomic E-state index is 0.562. The Morgan fingerprint density at radius 1 is 0.719 bits per heavy atom. The highest BCUT2D eigenvalue weighted by Crippen LogP contribution is 2.42. The smallest absolute Gasteiger partial charge is 0.203 e. The molecule has 0 spiro atoms. The molecule has 0 amide bonds. The lowest BCUT2D eigenvalue weighted by Gasteiger charge is -2.14. The number of ether oxygens (including phenoxy) is 3. The van der Waals surface area contributed by atoms with Gasteiger partial charge < -0.3 is 24.2 Å². The molecule has 0 aliphatic carbocycles. The second kappa shape index (κ2) is 8.11. The molecule has 0 radical (unpaired) electrons. The molecule has 7 heteroatoms. The number of methoxy groups -OCH3 is 3. The fourth-order valence-corrected chi connectivity index (χ4v) is 3.88. The number of pyridine rings is 1. The van der Waals surface area contributed by atoms with Gasteiger partial charge in [0.05, 0.1) is 21.3 Å². The topological polar surface area (TPSA) is 85.1 Å². The number of nitrogens with one attached hydrogen (secondary N) is 2. The van der Waals surface area contributed by atoms with Crippen molar-refractivity contribution in [3.05, 3.63) is 67.3 Å². The average molecular weight is 426 g/mol. The highest BCUT2D eigenvalue weighted by atomic mass is 16.5. The van der Waals surface area contributed by atoms with E-state index in [1.54, 1.807) is 27.5 Å². The number of aromatic amines is 2. The zero-order valence-electron chi connectivity index (χ0n) is 18.0. The second-order valence-corrected chi connectivity index (χ2v) is 7.25. The molecule has 0 saturated heterocycles. The van der Waals surface area contributed by atoms with Crippen LogP contribution in [0.1, 0.15) is 0 Å². The molecule has 0 saturated carbocycles. The molecule has 0 bridgehead atoms. The first-order valence-corrected chi connectivity index (χ1v) is 10.1. The molecule has 0 atom stereocenters. The van der Waals surface area contributed by atoms with Gasteiger partial charge in [0.25, 0.3) is 0 Å². The molecule has 7 nitrogen and oxygen atoms in total. The van der Waals surface area contributed by atoms with Crippen molar-refractivity contribution in [2.75, 3.05) is 21.3 Å². The van der Waals surface area contributed by atoms with E-state index >= 15 is 0 Å². The molecule has 0 unspecified atom stereocenters. The van der Waals surface area contributed by atoms with Gasteiger partial charge in [-0.15, -0.1) is 0 Å². The van der Waals surface area contributed by atoms with Crippen LogP contribution >= 0.6 is 0 Å². The summed E-state index contributed by atoms with van der Waals surface area (Å²) in [6, 6.07) is 14.3. The quantitative estimate of drug-likeness (QED) is 0.384. The van der Waals surface area contributed by atoms with Crippen molar-refractivity contribution in [1.29, 1.82) is 0 Å². The number of nitrogens with zero attached hydrogens (tertiary/aromatic N) is 2. The van der Waals surface area contributed by atoms with Gasteiger partial charge >= 0.3 is 0 Å². The number of hydrogen-bond donors (Lipinski definition) is 2.